The number of aromatic nitrogens is 3. The number of thiazole rings is 1. The number of sulfonamides is 1. The maximum Gasteiger partial charge on any atom is 0.307 e. The summed E-state index contributed by atoms with van der Waals surface area (Å²) in [6.07, 6.45) is 2.84. The van der Waals surface area contributed by atoms with Gasteiger partial charge in [0.05, 0.1) is 4.90 Å². The summed E-state index contributed by atoms with van der Waals surface area (Å²) in [6, 6.07) is 7.18. The van der Waals surface area contributed by atoms with Crippen LogP contribution >= 0.6 is 11.3 Å². The van der Waals surface area contributed by atoms with Crippen LogP contribution in [-0.4, -0.2) is 28.9 Å². The molecular weight excluding hydrogens is 390 g/mol. The van der Waals surface area contributed by atoms with Crippen LogP contribution in [0.1, 0.15) is 15.4 Å². The molecule has 140 valence electrons. The number of amides is 1. The Balaban J connectivity index is 1.76. The molecular formula is C16H15N5O4S2. The maximum atomic E-state index is 12.3. The van der Waals surface area contributed by atoms with E-state index in [4.69, 9.17) is 0 Å². The molecule has 3 aromatic rings. The van der Waals surface area contributed by atoms with E-state index in [1.165, 1.54) is 41.2 Å². The molecule has 0 spiro atoms. The van der Waals surface area contributed by atoms with Crippen molar-refractivity contribution in [3.8, 4) is 0 Å². The quantitative estimate of drug-likeness (QED) is 0.665. The van der Waals surface area contributed by atoms with Gasteiger partial charge in [0.25, 0.3) is 15.9 Å². The SMILES string of the molecule is Cc1c(C(=O)Nc2ccc(S(=O)(=O)Nc3ncccn3)cc2)sc(=O)n1C. The van der Waals surface area contributed by atoms with Gasteiger partial charge in [-0.25, -0.2) is 23.1 Å². The van der Waals surface area contributed by atoms with Crippen molar-refractivity contribution in [2.75, 3.05) is 10.0 Å². The molecule has 0 saturated carbocycles. The second-order valence-corrected chi connectivity index (χ2v) is 8.14. The van der Waals surface area contributed by atoms with Gasteiger partial charge in [-0.05, 0) is 37.3 Å². The van der Waals surface area contributed by atoms with Gasteiger partial charge < -0.3 is 9.88 Å². The Hall–Kier alpha value is -3.05. The standard InChI is InChI=1S/C16H15N5O4S2/c1-10-13(26-16(23)21(10)2)14(22)19-11-4-6-12(7-5-11)27(24,25)20-15-17-8-3-9-18-15/h3-9H,1-2H3,(H,19,22)(H,17,18,20). The van der Waals surface area contributed by atoms with Gasteiger partial charge in [-0.3, -0.25) is 9.59 Å². The van der Waals surface area contributed by atoms with Crippen LogP contribution in [-0.2, 0) is 17.1 Å². The molecule has 3 rings (SSSR count). The van der Waals surface area contributed by atoms with E-state index in [0.717, 1.165) is 11.3 Å². The van der Waals surface area contributed by atoms with E-state index in [2.05, 4.69) is 20.0 Å². The summed E-state index contributed by atoms with van der Waals surface area (Å²) in [5, 5.41) is 2.65. The van der Waals surface area contributed by atoms with Crippen molar-refractivity contribution in [3.05, 3.63) is 63.0 Å². The summed E-state index contributed by atoms with van der Waals surface area (Å²) in [4.78, 5) is 31.7. The van der Waals surface area contributed by atoms with E-state index >= 15 is 0 Å². The number of rotatable bonds is 5. The Morgan fingerprint density at radius 3 is 2.33 bits per heavy atom. The molecule has 2 N–H and O–H groups in total. The lowest BCUT2D eigenvalue weighted by Gasteiger charge is -2.08. The van der Waals surface area contributed by atoms with Gasteiger partial charge >= 0.3 is 4.87 Å². The van der Waals surface area contributed by atoms with Crippen molar-refractivity contribution in [3.63, 3.8) is 0 Å². The van der Waals surface area contributed by atoms with Crippen molar-refractivity contribution in [1.29, 1.82) is 0 Å². The third-order valence-electron chi connectivity index (χ3n) is 3.72. The lowest BCUT2D eigenvalue weighted by molar-refractivity contribution is 0.102. The summed E-state index contributed by atoms with van der Waals surface area (Å²) in [5.41, 5.74) is 0.964. The fraction of sp³-hybridized carbons (Fsp3) is 0.125. The first-order valence-corrected chi connectivity index (χ1v) is 9.95. The van der Waals surface area contributed by atoms with Gasteiger partial charge in [0.15, 0.2) is 0 Å². The molecule has 0 bridgehead atoms. The number of carbonyl (C=O) groups excluding carboxylic acids is 1. The van der Waals surface area contributed by atoms with E-state index in [1.54, 1.807) is 20.0 Å². The van der Waals surface area contributed by atoms with Crippen LogP contribution in [0.5, 0.6) is 0 Å². The third-order valence-corrected chi connectivity index (χ3v) is 6.19. The van der Waals surface area contributed by atoms with Crippen molar-refractivity contribution in [2.24, 2.45) is 7.05 Å². The number of hydrogen-bond donors (Lipinski definition) is 2. The number of benzene rings is 1. The molecule has 1 amide bonds. The predicted octanol–water partition coefficient (Wildman–Crippen LogP) is 1.60. The molecule has 11 heteroatoms. The highest BCUT2D eigenvalue weighted by molar-refractivity contribution is 7.92. The molecule has 0 atom stereocenters. The maximum absolute atomic E-state index is 12.3. The van der Waals surface area contributed by atoms with Gasteiger partial charge in [0.2, 0.25) is 5.95 Å². The Morgan fingerprint density at radius 2 is 1.78 bits per heavy atom. The van der Waals surface area contributed by atoms with Gasteiger partial charge in [0.1, 0.15) is 4.88 Å². The van der Waals surface area contributed by atoms with Gasteiger partial charge in [-0.15, -0.1) is 0 Å². The average Bonchev–Trinajstić information content (AvgIpc) is 2.90. The van der Waals surface area contributed by atoms with Crippen molar-refractivity contribution < 1.29 is 13.2 Å². The molecule has 1 aromatic carbocycles. The van der Waals surface area contributed by atoms with E-state index < -0.39 is 15.9 Å². The second-order valence-electron chi connectivity index (χ2n) is 5.50. The predicted molar refractivity (Wildman–Crippen MR) is 102 cm³/mol. The summed E-state index contributed by atoms with van der Waals surface area (Å²) in [6.45, 7) is 1.68. The third kappa shape index (κ3) is 4.04. The van der Waals surface area contributed by atoms with Crippen LogP contribution in [0.15, 0.2) is 52.4 Å². The highest BCUT2D eigenvalue weighted by Crippen LogP contribution is 2.18. The first kappa shape index (κ1) is 18.7. The number of nitrogens with zero attached hydrogens (tertiary/aromatic N) is 3. The summed E-state index contributed by atoms with van der Waals surface area (Å²) >= 11 is 0.853. The summed E-state index contributed by atoms with van der Waals surface area (Å²) in [5.74, 6) is -0.467. The van der Waals surface area contributed by atoms with Crippen LogP contribution in [0, 0.1) is 6.92 Å². The number of carbonyl (C=O) groups is 1. The normalized spacial score (nSPS) is 11.2. The molecule has 0 saturated heterocycles. The minimum Gasteiger partial charge on any atom is -0.321 e. The molecule has 9 nitrogen and oxygen atoms in total. The zero-order valence-corrected chi connectivity index (χ0v) is 16.0. The Bertz CT molecular complexity index is 1140. The summed E-state index contributed by atoms with van der Waals surface area (Å²) in [7, 11) is -2.26. The van der Waals surface area contributed by atoms with Crippen molar-refractivity contribution >= 4 is 38.9 Å². The minimum atomic E-state index is -3.85. The van der Waals surface area contributed by atoms with Crippen LogP contribution in [0.25, 0.3) is 0 Å². The molecule has 2 aromatic heterocycles. The molecule has 0 aliphatic carbocycles. The molecule has 0 radical (unpaired) electrons. The lowest BCUT2D eigenvalue weighted by Crippen LogP contribution is -2.15. The van der Waals surface area contributed by atoms with Crippen LogP contribution in [0.4, 0.5) is 11.6 Å². The molecule has 0 fully saturated rings. The number of hydrogen-bond acceptors (Lipinski definition) is 7. The number of anilines is 2. The monoisotopic (exact) mass is 405 g/mol. The Morgan fingerprint density at radius 1 is 1.15 bits per heavy atom. The molecule has 0 unspecified atom stereocenters. The first-order valence-electron chi connectivity index (χ1n) is 7.65. The molecule has 27 heavy (non-hydrogen) atoms. The van der Waals surface area contributed by atoms with Gasteiger partial charge in [-0.2, -0.15) is 0 Å². The minimum absolute atomic E-state index is 0.00602. The Labute approximate surface area is 158 Å². The van der Waals surface area contributed by atoms with Crippen molar-refractivity contribution in [1.82, 2.24) is 14.5 Å². The van der Waals surface area contributed by atoms with Crippen LogP contribution in [0.3, 0.4) is 0 Å². The summed E-state index contributed by atoms with van der Waals surface area (Å²) < 4.78 is 28.3. The van der Waals surface area contributed by atoms with E-state index in [0.29, 0.717) is 16.3 Å². The van der Waals surface area contributed by atoms with Crippen LogP contribution in [0.2, 0.25) is 0 Å². The largest absolute Gasteiger partial charge is 0.321 e. The van der Waals surface area contributed by atoms with Crippen molar-refractivity contribution in [2.45, 2.75) is 11.8 Å². The van der Waals surface area contributed by atoms with E-state index in [1.807, 2.05) is 0 Å². The highest BCUT2D eigenvalue weighted by Gasteiger charge is 2.18. The second kappa shape index (κ2) is 7.29. The smallest absolute Gasteiger partial charge is 0.307 e. The number of nitrogens with one attached hydrogen (secondary N) is 2. The highest BCUT2D eigenvalue weighted by atomic mass is 32.2. The van der Waals surface area contributed by atoms with Gasteiger partial charge in [-0.1, -0.05) is 11.3 Å². The van der Waals surface area contributed by atoms with E-state index in [9.17, 15) is 18.0 Å². The zero-order chi connectivity index (χ0) is 19.6. The fourth-order valence-corrected chi connectivity index (χ4v) is 4.00. The van der Waals surface area contributed by atoms with Crippen LogP contribution < -0.4 is 14.9 Å². The van der Waals surface area contributed by atoms with E-state index in [-0.39, 0.29) is 15.7 Å². The topological polar surface area (TPSA) is 123 Å². The first-order chi connectivity index (χ1) is 12.8. The lowest BCUT2D eigenvalue weighted by atomic mass is 10.3. The average molecular weight is 405 g/mol. The molecule has 2 heterocycles. The fourth-order valence-electron chi connectivity index (χ4n) is 2.17. The molecule has 0 aliphatic rings. The zero-order valence-electron chi connectivity index (χ0n) is 14.3. The molecule has 0 aliphatic heterocycles. The Kier molecular flexibility index (Phi) is 5.06. The van der Waals surface area contributed by atoms with Gasteiger partial charge in [0, 0.05) is 30.8 Å².